The van der Waals surface area contributed by atoms with E-state index in [1.165, 1.54) is 0 Å². The zero-order chi connectivity index (χ0) is 14.3. The molecule has 5 heteroatoms. The molecule has 0 heterocycles. The molecule has 0 N–H and O–H groups in total. The molecule has 2 nitrogen and oxygen atoms in total. The van der Waals surface area contributed by atoms with E-state index in [0.717, 1.165) is 46.7 Å². The Morgan fingerprint density at radius 1 is 1.32 bits per heavy atom. The van der Waals surface area contributed by atoms with Gasteiger partial charge in [-0.25, -0.2) is 0 Å². The van der Waals surface area contributed by atoms with E-state index in [2.05, 4.69) is 56.7 Å². The van der Waals surface area contributed by atoms with E-state index in [0.29, 0.717) is 6.04 Å². The van der Waals surface area contributed by atoms with Crippen LogP contribution >= 0.6 is 43.5 Å². The lowest BCUT2D eigenvalue weighted by Crippen LogP contribution is -2.33. The number of hydrogen-bond acceptors (Lipinski definition) is 2. The van der Waals surface area contributed by atoms with Gasteiger partial charge in [-0.1, -0.05) is 49.5 Å². The van der Waals surface area contributed by atoms with E-state index in [9.17, 15) is 0 Å². The molecule has 0 fully saturated rings. The van der Waals surface area contributed by atoms with Crippen LogP contribution in [0.2, 0.25) is 5.02 Å². The van der Waals surface area contributed by atoms with Crippen LogP contribution in [0, 0.1) is 0 Å². The summed E-state index contributed by atoms with van der Waals surface area (Å²) in [5.41, 5.74) is 1.15. The Morgan fingerprint density at radius 3 is 2.63 bits per heavy atom. The van der Waals surface area contributed by atoms with E-state index < -0.39 is 0 Å². The van der Waals surface area contributed by atoms with Crippen LogP contribution in [-0.2, 0) is 11.3 Å². The minimum absolute atomic E-state index is 0.465. The monoisotopic (exact) mass is 411 g/mol. The first-order valence-electron chi connectivity index (χ1n) is 6.36. The van der Waals surface area contributed by atoms with Gasteiger partial charge in [0, 0.05) is 34.0 Å². The molecular formula is C14H20Br2ClNO. The Balaban J connectivity index is 2.57. The molecule has 1 rings (SSSR count). The molecule has 0 aromatic heterocycles. The van der Waals surface area contributed by atoms with Gasteiger partial charge in [0.2, 0.25) is 0 Å². The summed E-state index contributed by atoms with van der Waals surface area (Å²) in [5.74, 6) is 0. The predicted molar refractivity (Wildman–Crippen MR) is 89.3 cm³/mol. The van der Waals surface area contributed by atoms with E-state index in [-0.39, 0.29) is 0 Å². The topological polar surface area (TPSA) is 12.5 Å². The summed E-state index contributed by atoms with van der Waals surface area (Å²) in [7, 11) is 0. The first-order valence-corrected chi connectivity index (χ1v) is 8.65. The molecule has 0 atom stereocenters. The average Bonchev–Trinajstić information content (AvgIpc) is 2.35. The first kappa shape index (κ1) is 17.4. The average molecular weight is 414 g/mol. The van der Waals surface area contributed by atoms with Crippen molar-refractivity contribution in [2.75, 3.05) is 25.1 Å². The molecule has 108 valence electrons. The van der Waals surface area contributed by atoms with Crippen LogP contribution in [0.25, 0.3) is 0 Å². The van der Waals surface area contributed by atoms with Gasteiger partial charge in [-0.05, 0) is 31.5 Å². The fourth-order valence-corrected chi connectivity index (χ4v) is 2.69. The third-order valence-corrected chi connectivity index (χ3v) is 4.03. The Labute approximate surface area is 137 Å². The second-order valence-corrected chi connectivity index (χ2v) is 6.72. The van der Waals surface area contributed by atoms with E-state index in [1.807, 2.05) is 12.1 Å². The lowest BCUT2D eigenvalue weighted by Gasteiger charge is -2.26. The van der Waals surface area contributed by atoms with Crippen LogP contribution in [0.1, 0.15) is 19.4 Å². The molecule has 19 heavy (non-hydrogen) atoms. The Morgan fingerprint density at radius 2 is 2.05 bits per heavy atom. The summed E-state index contributed by atoms with van der Waals surface area (Å²) >= 11 is 13.1. The summed E-state index contributed by atoms with van der Waals surface area (Å²) in [4.78, 5) is 2.36. The highest BCUT2D eigenvalue weighted by Gasteiger charge is 2.12. The van der Waals surface area contributed by atoms with Crippen LogP contribution in [-0.4, -0.2) is 36.0 Å². The summed E-state index contributed by atoms with van der Waals surface area (Å²) in [6.07, 6.45) is 0. The maximum absolute atomic E-state index is 6.27. The van der Waals surface area contributed by atoms with Gasteiger partial charge in [0.1, 0.15) is 0 Å². The van der Waals surface area contributed by atoms with E-state index in [1.54, 1.807) is 0 Å². The molecule has 0 saturated heterocycles. The molecule has 1 aromatic carbocycles. The van der Waals surface area contributed by atoms with Crippen molar-refractivity contribution < 1.29 is 4.74 Å². The number of ether oxygens (including phenoxy) is 1. The van der Waals surface area contributed by atoms with Crippen molar-refractivity contribution >= 4 is 43.5 Å². The second-order valence-electron chi connectivity index (χ2n) is 4.60. The molecule has 0 aliphatic carbocycles. The lowest BCUT2D eigenvalue weighted by molar-refractivity contribution is 0.0992. The summed E-state index contributed by atoms with van der Waals surface area (Å²) in [6, 6.07) is 6.51. The van der Waals surface area contributed by atoms with E-state index in [4.69, 9.17) is 16.3 Å². The van der Waals surface area contributed by atoms with Crippen LogP contribution in [0.3, 0.4) is 0 Å². The molecule has 0 bridgehead atoms. The quantitative estimate of drug-likeness (QED) is 0.451. The molecule has 0 spiro atoms. The SMILES string of the molecule is CC(C)N(CCOCCBr)Cc1ccc(Br)cc1Cl. The number of nitrogens with zero attached hydrogens (tertiary/aromatic N) is 1. The maximum Gasteiger partial charge on any atom is 0.0594 e. The van der Waals surface area contributed by atoms with Gasteiger partial charge < -0.3 is 4.74 Å². The highest BCUT2D eigenvalue weighted by molar-refractivity contribution is 9.10. The molecule has 0 aliphatic heterocycles. The smallest absolute Gasteiger partial charge is 0.0594 e. The molecular weight excluding hydrogens is 393 g/mol. The standard InChI is InChI=1S/C14H20Br2ClNO/c1-11(2)18(6-8-19-7-5-15)10-12-3-4-13(16)9-14(12)17/h3-4,9,11H,5-8,10H2,1-2H3. The maximum atomic E-state index is 6.27. The van der Waals surface area contributed by atoms with Crippen LogP contribution in [0.5, 0.6) is 0 Å². The van der Waals surface area contributed by atoms with Crippen molar-refractivity contribution in [3.05, 3.63) is 33.3 Å². The highest BCUT2D eigenvalue weighted by atomic mass is 79.9. The number of halogens is 3. The van der Waals surface area contributed by atoms with Gasteiger partial charge in [0.15, 0.2) is 0 Å². The van der Waals surface area contributed by atoms with Gasteiger partial charge in [0.05, 0.1) is 13.2 Å². The molecule has 0 saturated carbocycles. The Kier molecular flexibility index (Phi) is 8.58. The molecule has 0 amide bonds. The largest absolute Gasteiger partial charge is 0.379 e. The minimum Gasteiger partial charge on any atom is -0.379 e. The number of benzene rings is 1. The van der Waals surface area contributed by atoms with Crippen LogP contribution in [0.15, 0.2) is 22.7 Å². The second kappa shape index (κ2) is 9.35. The zero-order valence-electron chi connectivity index (χ0n) is 11.3. The number of rotatable bonds is 8. The normalized spacial score (nSPS) is 11.5. The van der Waals surface area contributed by atoms with Gasteiger partial charge in [-0.2, -0.15) is 0 Å². The van der Waals surface area contributed by atoms with Gasteiger partial charge in [-0.15, -0.1) is 0 Å². The first-order chi connectivity index (χ1) is 9.04. The zero-order valence-corrected chi connectivity index (χ0v) is 15.3. The highest BCUT2D eigenvalue weighted by Crippen LogP contribution is 2.23. The predicted octanol–water partition coefficient (Wildman–Crippen LogP) is 4.72. The van der Waals surface area contributed by atoms with Gasteiger partial charge in [-0.3, -0.25) is 4.90 Å². The Bertz CT molecular complexity index is 388. The van der Waals surface area contributed by atoms with Crippen molar-refractivity contribution in [3.8, 4) is 0 Å². The Hall–Kier alpha value is 0.390. The van der Waals surface area contributed by atoms with Gasteiger partial charge in [0.25, 0.3) is 0 Å². The van der Waals surface area contributed by atoms with Crippen LogP contribution < -0.4 is 0 Å². The molecule has 1 aromatic rings. The van der Waals surface area contributed by atoms with Gasteiger partial charge >= 0.3 is 0 Å². The third-order valence-electron chi connectivity index (χ3n) is 2.86. The van der Waals surface area contributed by atoms with Crippen molar-refractivity contribution in [2.24, 2.45) is 0 Å². The third kappa shape index (κ3) is 6.58. The number of alkyl halides is 1. The molecule has 0 aliphatic rings. The van der Waals surface area contributed by atoms with Crippen molar-refractivity contribution in [1.29, 1.82) is 0 Å². The summed E-state index contributed by atoms with van der Waals surface area (Å²) in [5, 5.41) is 1.69. The van der Waals surface area contributed by atoms with Crippen molar-refractivity contribution in [2.45, 2.75) is 26.4 Å². The molecule has 0 radical (unpaired) electrons. The lowest BCUT2D eigenvalue weighted by atomic mass is 10.2. The van der Waals surface area contributed by atoms with Crippen molar-refractivity contribution in [1.82, 2.24) is 4.90 Å². The summed E-state index contributed by atoms with van der Waals surface area (Å²) < 4.78 is 6.53. The van der Waals surface area contributed by atoms with Crippen molar-refractivity contribution in [3.63, 3.8) is 0 Å². The minimum atomic E-state index is 0.465. The molecule has 0 unspecified atom stereocenters. The fraction of sp³-hybridized carbons (Fsp3) is 0.571. The number of hydrogen-bond donors (Lipinski definition) is 0. The van der Waals surface area contributed by atoms with E-state index >= 15 is 0 Å². The van der Waals surface area contributed by atoms with Crippen LogP contribution in [0.4, 0.5) is 0 Å². The summed E-state index contributed by atoms with van der Waals surface area (Å²) in [6.45, 7) is 7.65. The fourth-order valence-electron chi connectivity index (χ4n) is 1.73.